The molecule has 0 saturated carbocycles. The third-order valence-electron chi connectivity index (χ3n) is 4.55. The van der Waals surface area contributed by atoms with Gasteiger partial charge in [0.05, 0.1) is 0 Å². The van der Waals surface area contributed by atoms with E-state index in [4.69, 9.17) is 4.74 Å². The summed E-state index contributed by atoms with van der Waals surface area (Å²) in [5, 5.41) is 1.44. The number of hydrogen-bond acceptors (Lipinski definition) is 2. The number of rotatable bonds is 10. The van der Waals surface area contributed by atoms with Gasteiger partial charge in [-0.25, -0.2) is 0 Å². The molecule has 0 spiro atoms. The molecule has 0 bridgehead atoms. The summed E-state index contributed by atoms with van der Waals surface area (Å²) < 4.78 is 5.79. The topological polar surface area (TPSA) is 12.5 Å². The van der Waals surface area contributed by atoms with Gasteiger partial charge in [-0.1, -0.05) is 80.2 Å². The number of ether oxygens (including phenoxy) is 1. The van der Waals surface area contributed by atoms with Crippen LogP contribution in [0.4, 0.5) is 0 Å². The second-order valence-corrected chi connectivity index (χ2v) is 8.51. The highest BCUT2D eigenvalue weighted by molar-refractivity contribution is 6.73. The first-order chi connectivity index (χ1) is 12.2. The van der Waals surface area contributed by atoms with Crippen LogP contribution < -0.4 is 5.19 Å². The summed E-state index contributed by atoms with van der Waals surface area (Å²) in [6, 6.07) is 19.4. The average Bonchev–Trinajstić information content (AvgIpc) is 2.68. The molecule has 0 unspecified atom stereocenters. The van der Waals surface area contributed by atoms with E-state index in [-0.39, 0.29) is 0 Å². The lowest BCUT2D eigenvalue weighted by molar-refractivity contribution is 0.189. The monoisotopic (exact) mass is 352 g/mol. The first kappa shape index (κ1) is 19.6. The number of nitrogens with zero attached hydrogens (tertiary/aromatic N) is 1. The van der Waals surface area contributed by atoms with E-state index in [2.05, 4.69) is 80.8 Å². The van der Waals surface area contributed by atoms with E-state index in [1.54, 1.807) is 0 Å². The highest BCUT2D eigenvalue weighted by Crippen LogP contribution is 2.20. The smallest absolute Gasteiger partial charge is 0.132 e. The molecule has 0 amide bonds. The highest BCUT2D eigenvalue weighted by atomic mass is 28.3. The van der Waals surface area contributed by atoms with Crippen molar-refractivity contribution < 1.29 is 4.74 Å². The molecule has 0 N–H and O–H groups in total. The maximum atomic E-state index is 5.79. The third kappa shape index (κ3) is 5.67. The quantitative estimate of drug-likeness (QED) is 0.601. The van der Waals surface area contributed by atoms with Crippen molar-refractivity contribution >= 4 is 19.6 Å². The van der Waals surface area contributed by atoms with Crippen LogP contribution in [0.2, 0.25) is 0 Å². The van der Waals surface area contributed by atoms with Crippen molar-refractivity contribution in [1.82, 2.24) is 4.90 Å². The lowest BCUT2D eigenvalue weighted by Gasteiger charge is -2.24. The van der Waals surface area contributed by atoms with Crippen LogP contribution in [0.3, 0.4) is 0 Å². The summed E-state index contributed by atoms with van der Waals surface area (Å²) in [6.45, 7) is 13.8. The molecule has 2 rings (SSSR count). The van der Waals surface area contributed by atoms with Crippen LogP contribution >= 0.6 is 0 Å². The largest absolute Gasteiger partial charge is 0.385 e. The molecule has 1 radical (unpaired) electrons. The Morgan fingerprint density at radius 1 is 0.920 bits per heavy atom. The summed E-state index contributed by atoms with van der Waals surface area (Å²) in [5.41, 5.74) is 3.45. The molecular formula is C22H30NOSi. The van der Waals surface area contributed by atoms with Gasteiger partial charge in [0.1, 0.15) is 8.80 Å². The predicted octanol–water partition coefficient (Wildman–Crippen LogP) is 3.91. The van der Waals surface area contributed by atoms with Crippen molar-refractivity contribution in [2.45, 2.75) is 20.8 Å². The Morgan fingerprint density at radius 2 is 1.52 bits per heavy atom. The fourth-order valence-corrected chi connectivity index (χ4v) is 5.39. The van der Waals surface area contributed by atoms with E-state index in [1.807, 2.05) is 6.07 Å². The summed E-state index contributed by atoms with van der Waals surface area (Å²) in [5.74, 6) is 0. The molecule has 0 aliphatic rings. The van der Waals surface area contributed by atoms with Crippen molar-refractivity contribution in [2.24, 2.45) is 0 Å². The first-order valence-electron chi connectivity index (χ1n) is 9.19. The molecule has 0 aliphatic heterocycles. The van der Waals surface area contributed by atoms with Gasteiger partial charge in [0.2, 0.25) is 0 Å². The lowest BCUT2D eigenvalue weighted by atomic mass is 10.00. The fourth-order valence-electron chi connectivity index (χ4n) is 2.88. The van der Waals surface area contributed by atoms with Crippen LogP contribution in [0.5, 0.6) is 0 Å². The zero-order chi connectivity index (χ0) is 18.1. The first-order valence-corrected chi connectivity index (χ1v) is 11.1. The highest BCUT2D eigenvalue weighted by Gasteiger charge is 2.18. The van der Waals surface area contributed by atoms with Gasteiger partial charge in [-0.05, 0) is 42.9 Å². The minimum atomic E-state index is -0.740. The van der Waals surface area contributed by atoms with E-state index >= 15 is 0 Å². The molecule has 0 aromatic heterocycles. The molecule has 3 heteroatoms. The van der Waals surface area contributed by atoms with Crippen molar-refractivity contribution in [1.29, 1.82) is 0 Å². The maximum Gasteiger partial charge on any atom is 0.132 e. The molecule has 0 atom stereocenters. The van der Waals surface area contributed by atoms with E-state index in [0.29, 0.717) is 0 Å². The van der Waals surface area contributed by atoms with E-state index in [0.717, 1.165) is 37.7 Å². The van der Waals surface area contributed by atoms with Gasteiger partial charge in [-0.3, -0.25) is 0 Å². The summed E-state index contributed by atoms with van der Waals surface area (Å²) in [7, 11) is -0.740. The number of benzene rings is 2. The Bertz CT molecular complexity index is 635. The van der Waals surface area contributed by atoms with E-state index in [9.17, 15) is 0 Å². The van der Waals surface area contributed by atoms with Crippen molar-refractivity contribution in [3.63, 3.8) is 0 Å². The molecule has 0 saturated heterocycles. The van der Waals surface area contributed by atoms with Crippen LogP contribution in [-0.2, 0) is 4.74 Å². The summed E-state index contributed by atoms with van der Waals surface area (Å²) >= 11 is 0. The van der Waals surface area contributed by atoms with Crippen LogP contribution in [0.15, 0.2) is 61.2 Å². The minimum Gasteiger partial charge on any atom is -0.385 e. The molecule has 2 aromatic rings. The maximum absolute atomic E-state index is 5.79. The van der Waals surface area contributed by atoms with Gasteiger partial charge >= 0.3 is 0 Å². The van der Waals surface area contributed by atoms with Crippen LogP contribution in [0, 0.1) is 0 Å². The number of hydrogen-bond donors (Lipinski definition) is 0. The Balaban J connectivity index is 2.15. The lowest BCUT2D eigenvalue weighted by Crippen LogP contribution is -2.46. The molecule has 0 heterocycles. The van der Waals surface area contributed by atoms with Gasteiger partial charge in [-0.15, -0.1) is 0 Å². The molecule has 2 aromatic carbocycles. The Labute approximate surface area is 154 Å². The van der Waals surface area contributed by atoms with Gasteiger partial charge in [-0.2, -0.15) is 0 Å². The van der Waals surface area contributed by atoms with Gasteiger partial charge in [0.15, 0.2) is 0 Å². The molecular weight excluding hydrogens is 322 g/mol. The van der Waals surface area contributed by atoms with Crippen molar-refractivity contribution in [3.8, 4) is 0 Å². The van der Waals surface area contributed by atoms with E-state index in [1.165, 1.54) is 16.3 Å². The standard InChI is InChI=1S/C22H30NOSi/c1-5-23(6-2)17-25(18-24-7-3)22-15-13-21(14-16-22)19(4)20-11-9-8-10-12-20/h8-16H,4-7,17-18H2,1-3H3. The minimum absolute atomic E-state index is 0.740. The zero-order valence-electron chi connectivity index (χ0n) is 15.8. The predicted molar refractivity (Wildman–Crippen MR) is 111 cm³/mol. The van der Waals surface area contributed by atoms with Crippen molar-refractivity contribution in [3.05, 3.63) is 72.3 Å². The second-order valence-electron chi connectivity index (χ2n) is 6.12. The molecule has 0 fully saturated rings. The average molecular weight is 353 g/mol. The Kier molecular flexibility index (Phi) is 8.12. The fraction of sp³-hybridized carbons (Fsp3) is 0.364. The van der Waals surface area contributed by atoms with Gasteiger partial charge < -0.3 is 9.64 Å². The van der Waals surface area contributed by atoms with Crippen LogP contribution in [-0.4, -0.2) is 45.8 Å². The SMILES string of the molecule is C=C(c1ccccc1)c1ccc([Si](COCC)CN(CC)CC)cc1. The molecule has 2 nitrogen and oxygen atoms in total. The summed E-state index contributed by atoms with van der Waals surface area (Å²) in [4.78, 5) is 2.50. The molecule has 0 aliphatic carbocycles. The molecule has 25 heavy (non-hydrogen) atoms. The van der Waals surface area contributed by atoms with Crippen LogP contribution in [0.1, 0.15) is 31.9 Å². The molecule has 133 valence electrons. The second kappa shape index (κ2) is 10.3. The van der Waals surface area contributed by atoms with Crippen LogP contribution in [0.25, 0.3) is 5.57 Å². The Morgan fingerprint density at radius 3 is 2.08 bits per heavy atom. The van der Waals surface area contributed by atoms with E-state index < -0.39 is 8.80 Å². The van der Waals surface area contributed by atoms with Crippen molar-refractivity contribution in [2.75, 3.05) is 32.1 Å². The Hall–Kier alpha value is -1.68. The normalized spacial score (nSPS) is 11.2. The van der Waals surface area contributed by atoms with Gasteiger partial charge in [0, 0.05) is 12.8 Å². The zero-order valence-corrected chi connectivity index (χ0v) is 16.8. The summed E-state index contributed by atoms with van der Waals surface area (Å²) in [6.07, 6.45) is 2.01. The van der Waals surface area contributed by atoms with Gasteiger partial charge in [0.25, 0.3) is 0 Å². The third-order valence-corrected chi connectivity index (χ3v) is 7.08.